The molecule has 132 valence electrons. The summed E-state index contributed by atoms with van der Waals surface area (Å²) < 4.78 is 6.38. The average molecular weight is 405 g/mol. The summed E-state index contributed by atoms with van der Waals surface area (Å²) in [6, 6.07) is 11.1. The lowest BCUT2D eigenvalue weighted by Gasteiger charge is -2.12. The normalized spacial score (nSPS) is 10.2. The summed E-state index contributed by atoms with van der Waals surface area (Å²) in [6.07, 6.45) is 0.934. The molecule has 0 aliphatic rings. The van der Waals surface area contributed by atoms with Crippen LogP contribution >= 0.6 is 15.9 Å². The maximum atomic E-state index is 12.1. The molecule has 5 nitrogen and oxygen atoms in total. The van der Waals surface area contributed by atoms with E-state index in [0.29, 0.717) is 17.1 Å². The Bertz CT molecular complexity index is 790. The van der Waals surface area contributed by atoms with Crippen LogP contribution in [0.1, 0.15) is 25.0 Å². The molecule has 2 aromatic carbocycles. The first-order chi connectivity index (χ1) is 11.9. The number of nitrogens with one attached hydrogen (secondary N) is 2. The highest BCUT2D eigenvalue weighted by Gasteiger charge is 2.08. The van der Waals surface area contributed by atoms with Crippen LogP contribution < -0.4 is 15.4 Å². The number of carbonyl (C=O) groups excluding carboxylic acids is 2. The van der Waals surface area contributed by atoms with Crippen LogP contribution in [-0.4, -0.2) is 18.4 Å². The summed E-state index contributed by atoms with van der Waals surface area (Å²) >= 11 is 3.45. The van der Waals surface area contributed by atoms with Crippen LogP contribution in [0.4, 0.5) is 11.4 Å². The lowest BCUT2D eigenvalue weighted by molar-refractivity contribution is -0.118. The summed E-state index contributed by atoms with van der Waals surface area (Å²) in [6.45, 7) is 5.30. The summed E-state index contributed by atoms with van der Waals surface area (Å²) in [4.78, 5) is 23.3. The SMILES string of the molecule is CCc1ccc(OCC(=O)Nc2ccc(C)c(NC(C)=O)c2)c(Br)c1. The predicted octanol–water partition coefficient (Wildman–Crippen LogP) is 4.30. The number of carbonyl (C=O) groups is 2. The fraction of sp³-hybridized carbons (Fsp3) is 0.263. The first kappa shape index (κ1) is 19.0. The molecule has 0 bridgehead atoms. The second kappa shape index (κ2) is 8.67. The van der Waals surface area contributed by atoms with Crippen molar-refractivity contribution in [1.29, 1.82) is 0 Å². The van der Waals surface area contributed by atoms with Gasteiger partial charge in [-0.1, -0.05) is 19.1 Å². The number of hydrogen-bond donors (Lipinski definition) is 2. The van der Waals surface area contributed by atoms with E-state index in [4.69, 9.17) is 4.74 Å². The van der Waals surface area contributed by atoms with E-state index < -0.39 is 0 Å². The molecule has 0 spiro atoms. The Labute approximate surface area is 155 Å². The van der Waals surface area contributed by atoms with Crippen molar-refractivity contribution < 1.29 is 14.3 Å². The molecule has 0 heterocycles. The minimum atomic E-state index is -0.274. The van der Waals surface area contributed by atoms with E-state index >= 15 is 0 Å². The Kier molecular flexibility index (Phi) is 6.58. The lowest BCUT2D eigenvalue weighted by atomic mass is 10.1. The molecule has 0 unspecified atom stereocenters. The number of rotatable bonds is 6. The van der Waals surface area contributed by atoms with Gasteiger partial charge in [0.15, 0.2) is 6.61 Å². The molecule has 0 fully saturated rings. The number of halogens is 1. The van der Waals surface area contributed by atoms with Gasteiger partial charge >= 0.3 is 0 Å². The van der Waals surface area contributed by atoms with E-state index in [2.05, 4.69) is 33.5 Å². The van der Waals surface area contributed by atoms with Gasteiger partial charge in [-0.3, -0.25) is 9.59 Å². The Morgan fingerprint density at radius 3 is 2.52 bits per heavy atom. The van der Waals surface area contributed by atoms with Crippen LogP contribution in [0.25, 0.3) is 0 Å². The number of hydrogen-bond acceptors (Lipinski definition) is 3. The van der Waals surface area contributed by atoms with E-state index in [0.717, 1.165) is 16.5 Å². The van der Waals surface area contributed by atoms with Gasteiger partial charge in [-0.2, -0.15) is 0 Å². The summed E-state index contributed by atoms with van der Waals surface area (Å²) in [5.74, 6) is 0.189. The minimum Gasteiger partial charge on any atom is -0.483 e. The second-order valence-electron chi connectivity index (χ2n) is 5.67. The molecule has 2 rings (SSSR count). The molecule has 2 amide bonds. The smallest absolute Gasteiger partial charge is 0.262 e. The van der Waals surface area contributed by atoms with Crippen LogP contribution in [0.3, 0.4) is 0 Å². The van der Waals surface area contributed by atoms with Gasteiger partial charge in [-0.05, 0) is 64.7 Å². The highest BCUT2D eigenvalue weighted by atomic mass is 79.9. The van der Waals surface area contributed by atoms with E-state index in [1.165, 1.54) is 12.5 Å². The summed E-state index contributed by atoms with van der Waals surface area (Å²) in [5, 5.41) is 5.50. The van der Waals surface area contributed by atoms with E-state index in [-0.39, 0.29) is 18.4 Å². The second-order valence-corrected chi connectivity index (χ2v) is 6.52. The Hall–Kier alpha value is -2.34. The van der Waals surface area contributed by atoms with E-state index in [9.17, 15) is 9.59 Å². The first-order valence-electron chi connectivity index (χ1n) is 7.98. The van der Waals surface area contributed by atoms with Crippen molar-refractivity contribution in [3.8, 4) is 5.75 Å². The van der Waals surface area contributed by atoms with Crippen LogP contribution in [-0.2, 0) is 16.0 Å². The summed E-state index contributed by atoms with van der Waals surface area (Å²) in [7, 11) is 0. The number of benzene rings is 2. The molecular formula is C19H21BrN2O3. The van der Waals surface area contributed by atoms with Crippen molar-refractivity contribution in [1.82, 2.24) is 0 Å². The van der Waals surface area contributed by atoms with Gasteiger partial charge in [0.1, 0.15) is 5.75 Å². The highest BCUT2D eigenvalue weighted by molar-refractivity contribution is 9.10. The number of amides is 2. The van der Waals surface area contributed by atoms with Crippen LogP contribution in [0, 0.1) is 6.92 Å². The Morgan fingerprint density at radius 1 is 1.12 bits per heavy atom. The van der Waals surface area contributed by atoms with Crippen molar-refractivity contribution in [2.75, 3.05) is 17.2 Å². The molecular weight excluding hydrogens is 384 g/mol. The molecule has 6 heteroatoms. The maximum Gasteiger partial charge on any atom is 0.262 e. The molecule has 0 radical (unpaired) electrons. The van der Waals surface area contributed by atoms with E-state index in [1.54, 1.807) is 12.1 Å². The molecule has 25 heavy (non-hydrogen) atoms. The first-order valence-corrected chi connectivity index (χ1v) is 8.77. The maximum absolute atomic E-state index is 12.1. The van der Waals surface area contributed by atoms with Crippen molar-refractivity contribution in [3.05, 3.63) is 52.0 Å². The zero-order valence-electron chi connectivity index (χ0n) is 14.5. The number of ether oxygens (including phenoxy) is 1. The van der Waals surface area contributed by atoms with Gasteiger partial charge in [0.05, 0.1) is 4.47 Å². The van der Waals surface area contributed by atoms with Crippen LogP contribution in [0.5, 0.6) is 5.75 Å². The quantitative estimate of drug-likeness (QED) is 0.753. The Morgan fingerprint density at radius 2 is 1.88 bits per heavy atom. The standard InChI is InChI=1S/C19H21BrN2O3/c1-4-14-6-8-18(16(20)9-14)25-11-19(24)22-15-7-5-12(2)17(10-15)21-13(3)23/h5-10H,4,11H2,1-3H3,(H,21,23)(H,22,24). The lowest BCUT2D eigenvalue weighted by Crippen LogP contribution is -2.20. The van der Waals surface area contributed by atoms with Crippen molar-refractivity contribution >= 4 is 39.1 Å². The van der Waals surface area contributed by atoms with Gasteiger partial charge in [0.2, 0.25) is 5.91 Å². The number of anilines is 2. The predicted molar refractivity (Wildman–Crippen MR) is 103 cm³/mol. The third-order valence-corrected chi connectivity index (χ3v) is 4.22. The van der Waals surface area contributed by atoms with Crippen molar-refractivity contribution in [2.24, 2.45) is 0 Å². The molecule has 0 aromatic heterocycles. The number of aryl methyl sites for hydroxylation is 2. The Balaban J connectivity index is 1.97. The zero-order chi connectivity index (χ0) is 18.4. The fourth-order valence-electron chi connectivity index (χ4n) is 2.25. The minimum absolute atomic E-state index is 0.104. The zero-order valence-corrected chi connectivity index (χ0v) is 16.1. The van der Waals surface area contributed by atoms with Crippen LogP contribution in [0.2, 0.25) is 0 Å². The molecule has 2 N–H and O–H groups in total. The molecule has 0 aliphatic heterocycles. The molecule has 0 saturated carbocycles. The molecule has 0 atom stereocenters. The summed E-state index contributed by atoms with van der Waals surface area (Å²) in [5.41, 5.74) is 3.38. The topological polar surface area (TPSA) is 67.4 Å². The van der Waals surface area contributed by atoms with Crippen molar-refractivity contribution in [3.63, 3.8) is 0 Å². The fourth-order valence-corrected chi connectivity index (χ4v) is 2.79. The van der Waals surface area contributed by atoms with Gasteiger partial charge in [-0.25, -0.2) is 0 Å². The molecule has 2 aromatic rings. The van der Waals surface area contributed by atoms with Crippen molar-refractivity contribution in [2.45, 2.75) is 27.2 Å². The van der Waals surface area contributed by atoms with Gasteiger partial charge in [0, 0.05) is 18.3 Å². The monoisotopic (exact) mass is 404 g/mol. The third-order valence-electron chi connectivity index (χ3n) is 3.60. The average Bonchev–Trinajstić information content (AvgIpc) is 2.56. The van der Waals surface area contributed by atoms with Gasteiger partial charge in [0.25, 0.3) is 5.91 Å². The van der Waals surface area contributed by atoms with Crippen LogP contribution in [0.15, 0.2) is 40.9 Å². The van der Waals surface area contributed by atoms with Gasteiger partial charge in [-0.15, -0.1) is 0 Å². The highest BCUT2D eigenvalue weighted by Crippen LogP contribution is 2.26. The van der Waals surface area contributed by atoms with Gasteiger partial charge < -0.3 is 15.4 Å². The largest absolute Gasteiger partial charge is 0.483 e. The van der Waals surface area contributed by atoms with E-state index in [1.807, 2.05) is 31.2 Å². The molecule has 0 saturated heterocycles. The molecule has 0 aliphatic carbocycles. The third kappa shape index (κ3) is 5.60.